The second kappa shape index (κ2) is 2.40. The van der Waals surface area contributed by atoms with Gasteiger partial charge in [0.1, 0.15) is 6.10 Å². The van der Waals surface area contributed by atoms with E-state index in [1.54, 1.807) is 4.90 Å². The maximum absolute atomic E-state index is 11.0. The number of ether oxygens (including phenoxy) is 1. The van der Waals surface area contributed by atoms with Crippen LogP contribution in [0.2, 0.25) is 0 Å². The lowest BCUT2D eigenvalue weighted by Crippen LogP contribution is -2.35. The highest BCUT2D eigenvalue weighted by Crippen LogP contribution is 2.30. The molecule has 0 bridgehead atoms. The molecule has 1 amide bonds. The van der Waals surface area contributed by atoms with E-state index in [0.717, 1.165) is 12.8 Å². The van der Waals surface area contributed by atoms with Crippen molar-refractivity contribution in [2.75, 3.05) is 7.05 Å². The molecule has 11 heavy (non-hydrogen) atoms. The highest BCUT2D eigenvalue weighted by molar-refractivity contribution is 5.70. The lowest BCUT2D eigenvalue weighted by atomic mass is 9.93. The number of amides is 1. The molecule has 1 saturated heterocycles. The van der Waals surface area contributed by atoms with E-state index in [4.69, 9.17) is 4.74 Å². The van der Waals surface area contributed by atoms with Gasteiger partial charge in [0.15, 0.2) is 0 Å². The van der Waals surface area contributed by atoms with Crippen molar-refractivity contribution in [1.29, 1.82) is 0 Å². The van der Waals surface area contributed by atoms with Gasteiger partial charge in [-0.15, -0.1) is 0 Å². The van der Waals surface area contributed by atoms with E-state index in [-0.39, 0.29) is 12.2 Å². The second-order valence-corrected chi connectivity index (χ2v) is 3.38. The van der Waals surface area contributed by atoms with Crippen LogP contribution in [0, 0.1) is 0 Å². The van der Waals surface area contributed by atoms with Crippen molar-refractivity contribution in [2.24, 2.45) is 0 Å². The predicted octanol–water partition coefficient (Wildman–Crippen LogP) is 1.38. The first kappa shape index (κ1) is 6.95. The van der Waals surface area contributed by atoms with Crippen molar-refractivity contribution >= 4 is 6.09 Å². The van der Waals surface area contributed by atoms with Crippen LogP contribution in [-0.4, -0.2) is 30.2 Å². The van der Waals surface area contributed by atoms with Crippen molar-refractivity contribution in [1.82, 2.24) is 4.90 Å². The summed E-state index contributed by atoms with van der Waals surface area (Å²) in [7, 11) is 1.83. The molecule has 0 spiro atoms. The molecule has 2 atom stereocenters. The van der Waals surface area contributed by atoms with Gasteiger partial charge in [-0.3, -0.25) is 0 Å². The number of rotatable bonds is 0. The summed E-state index contributed by atoms with van der Waals surface area (Å²) in [5, 5.41) is 0. The van der Waals surface area contributed by atoms with Crippen LogP contribution in [0.1, 0.15) is 25.7 Å². The first-order valence-electron chi connectivity index (χ1n) is 4.22. The predicted molar refractivity (Wildman–Crippen MR) is 40.3 cm³/mol. The minimum Gasteiger partial charge on any atom is -0.444 e. The molecular weight excluding hydrogens is 142 g/mol. The Hall–Kier alpha value is -0.730. The molecule has 62 valence electrons. The van der Waals surface area contributed by atoms with E-state index >= 15 is 0 Å². The van der Waals surface area contributed by atoms with Crippen LogP contribution in [0.4, 0.5) is 4.79 Å². The van der Waals surface area contributed by atoms with Crippen LogP contribution in [-0.2, 0) is 4.74 Å². The van der Waals surface area contributed by atoms with Crippen molar-refractivity contribution in [3.8, 4) is 0 Å². The third-order valence-corrected chi connectivity index (χ3v) is 2.71. The smallest absolute Gasteiger partial charge is 0.410 e. The maximum atomic E-state index is 11.0. The van der Waals surface area contributed by atoms with Crippen LogP contribution < -0.4 is 0 Å². The van der Waals surface area contributed by atoms with Gasteiger partial charge in [0.2, 0.25) is 0 Å². The Bertz CT molecular complexity index is 181. The van der Waals surface area contributed by atoms with Gasteiger partial charge in [0.05, 0.1) is 6.04 Å². The SMILES string of the molecule is CN1C(=O)OC2CCCCC21. The fourth-order valence-corrected chi connectivity index (χ4v) is 2.01. The number of carbonyl (C=O) groups excluding carboxylic acids is 1. The topological polar surface area (TPSA) is 29.5 Å². The van der Waals surface area contributed by atoms with E-state index in [1.165, 1.54) is 12.8 Å². The summed E-state index contributed by atoms with van der Waals surface area (Å²) >= 11 is 0. The molecule has 0 aromatic rings. The van der Waals surface area contributed by atoms with Gasteiger partial charge in [-0.2, -0.15) is 0 Å². The summed E-state index contributed by atoms with van der Waals surface area (Å²) in [5.74, 6) is 0. The third kappa shape index (κ3) is 0.988. The van der Waals surface area contributed by atoms with Gasteiger partial charge >= 0.3 is 6.09 Å². The number of carbonyl (C=O) groups is 1. The summed E-state index contributed by atoms with van der Waals surface area (Å²) < 4.78 is 5.16. The second-order valence-electron chi connectivity index (χ2n) is 3.38. The van der Waals surface area contributed by atoms with Crippen LogP contribution in [0.15, 0.2) is 0 Å². The zero-order valence-corrected chi connectivity index (χ0v) is 6.75. The Labute approximate surface area is 66.3 Å². The average Bonchev–Trinajstić information content (AvgIpc) is 2.30. The molecule has 3 heteroatoms. The summed E-state index contributed by atoms with van der Waals surface area (Å²) in [6, 6.07) is 0.372. The minimum atomic E-state index is -0.137. The molecule has 1 saturated carbocycles. The fourth-order valence-electron chi connectivity index (χ4n) is 2.01. The minimum absolute atomic E-state index is 0.137. The zero-order valence-electron chi connectivity index (χ0n) is 6.75. The zero-order chi connectivity index (χ0) is 7.84. The van der Waals surface area contributed by atoms with Gasteiger partial charge in [-0.25, -0.2) is 4.79 Å². The Morgan fingerprint density at radius 3 is 2.91 bits per heavy atom. The van der Waals surface area contributed by atoms with Crippen LogP contribution in [0.25, 0.3) is 0 Å². The number of hydrogen-bond donors (Lipinski definition) is 0. The largest absolute Gasteiger partial charge is 0.444 e. The van der Waals surface area contributed by atoms with Gasteiger partial charge in [-0.1, -0.05) is 6.42 Å². The van der Waals surface area contributed by atoms with E-state index in [9.17, 15) is 4.79 Å². The van der Waals surface area contributed by atoms with Gasteiger partial charge in [0.25, 0.3) is 0 Å². The summed E-state index contributed by atoms with van der Waals surface area (Å²) in [6.07, 6.45) is 4.68. The van der Waals surface area contributed by atoms with Crippen molar-refractivity contribution in [3.63, 3.8) is 0 Å². The van der Waals surface area contributed by atoms with E-state index in [1.807, 2.05) is 7.05 Å². The Balaban J connectivity index is 2.11. The average molecular weight is 155 g/mol. The number of fused-ring (bicyclic) bond motifs is 1. The molecule has 0 aromatic heterocycles. The fraction of sp³-hybridized carbons (Fsp3) is 0.875. The van der Waals surface area contributed by atoms with Gasteiger partial charge < -0.3 is 9.64 Å². The Kier molecular flexibility index (Phi) is 1.51. The Morgan fingerprint density at radius 1 is 1.45 bits per heavy atom. The van der Waals surface area contributed by atoms with Crippen molar-refractivity contribution in [2.45, 2.75) is 37.8 Å². The summed E-state index contributed by atoms with van der Waals surface area (Å²) in [4.78, 5) is 12.8. The molecule has 1 heterocycles. The molecule has 0 aromatic carbocycles. The molecule has 0 N–H and O–H groups in total. The molecule has 2 rings (SSSR count). The first-order valence-corrected chi connectivity index (χ1v) is 4.22. The quantitative estimate of drug-likeness (QED) is 0.529. The van der Waals surface area contributed by atoms with E-state index in [0.29, 0.717) is 6.04 Å². The van der Waals surface area contributed by atoms with E-state index in [2.05, 4.69) is 0 Å². The highest BCUT2D eigenvalue weighted by Gasteiger charge is 2.40. The molecule has 0 radical (unpaired) electrons. The van der Waals surface area contributed by atoms with Crippen LogP contribution in [0.3, 0.4) is 0 Å². The number of hydrogen-bond acceptors (Lipinski definition) is 2. The van der Waals surface area contributed by atoms with Crippen LogP contribution in [0.5, 0.6) is 0 Å². The van der Waals surface area contributed by atoms with Crippen molar-refractivity contribution in [3.05, 3.63) is 0 Å². The highest BCUT2D eigenvalue weighted by atomic mass is 16.6. The van der Waals surface area contributed by atoms with E-state index < -0.39 is 0 Å². The molecule has 1 aliphatic carbocycles. The lowest BCUT2D eigenvalue weighted by molar-refractivity contribution is 0.113. The number of nitrogens with zero attached hydrogens (tertiary/aromatic N) is 1. The molecule has 2 unspecified atom stereocenters. The summed E-state index contributed by atoms with van der Waals surface area (Å²) in [5.41, 5.74) is 0. The molecule has 2 aliphatic rings. The summed E-state index contributed by atoms with van der Waals surface area (Å²) in [6.45, 7) is 0. The molecule has 1 aliphatic heterocycles. The first-order chi connectivity index (χ1) is 5.29. The Morgan fingerprint density at radius 2 is 2.18 bits per heavy atom. The maximum Gasteiger partial charge on any atom is 0.410 e. The van der Waals surface area contributed by atoms with Crippen molar-refractivity contribution < 1.29 is 9.53 Å². The van der Waals surface area contributed by atoms with Gasteiger partial charge in [-0.05, 0) is 19.3 Å². The molecule has 3 nitrogen and oxygen atoms in total. The van der Waals surface area contributed by atoms with Gasteiger partial charge in [0, 0.05) is 7.05 Å². The molecular formula is C8H13NO2. The monoisotopic (exact) mass is 155 g/mol. The molecule has 2 fully saturated rings. The lowest BCUT2D eigenvalue weighted by Gasteiger charge is -2.25. The standard InChI is InChI=1S/C8H13NO2/c1-9-6-4-2-3-5-7(6)11-8(9)10/h6-7H,2-5H2,1H3. The van der Waals surface area contributed by atoms with Crippen LogP contribution >= 0.6 is 0 Å². The number of likely N-dealkylation sites (N-methyl/N-ethyl adjacent to an activating group) is 1. The normalized spacial score (nSPS) is 36.8. The third-order valence-electron chi connectivity index (χ3n) is 2.71.